The Bertz CT molecular complexity index is 1510. The number of ether oxygens (including phenoxy) is 1. The van der Waals surface area contributed by atoms with Gasteiger partial charge in [0.1, 0.15) is 5.82 Å². The maximum absolute atomic E-state index is 5.75. The van der Waals surface area contributed by atoms with E-state index in [1.165, 1.54) is 39.0 Å². The summed E-state index contributed by atoms with van der Waals surface area (Å²) in [5.41, 5.74) is 9.98. The van der Waals surface area contributed by atoms with Gasteiger partial charge in [-0.15, -0.1) is 0 Å². The molecule has 6 rings (SSSR count). The molecule has 0 radical (unpaired) electrons. The van der Waals surface area contributed by atoms with E-state index in [1.807, 2.05) is 7.11 Å². The van der Waals surface area contributed by atoms with Crippen molar-refractivity contribution in [3.05, 3.63) is 70.5 Å². The summed E-state index contributed by atoms with van der Waals surface area (Å²) < 4.78 is 5.75. The summed E-state index contributed by atoms with van der Waals surface area (Å²) in [6, 6.07) is 13.7. The Morgan fingerprint density at radius 3 is 2.67 bits per heavy atom. The van der Waals surface area contributed by atoms with Crippen LogP contribution in [0.3, 0.4) is 0 Å². The zero-order chi connectivity index (χ0) is 27.3. The first-order valence-corrected chi connectivity index (χ1v) is 14.5. The van der Waals surface area contributed by atoms with Crippen LogP contribution in [0.15, 0.2) is 42.6 Å². The van der Waals surface area contributed by atoms with Crippen LogP contribution in [0.2, 0.25) is 0 Å². The average molecular weight is 524 g/mol. The molecule has 0 saturated carbocycles. The molecule has 1 saturated heterocycles. The highest BCUT2D eigenvalue weighted by molar-refractivity contribution is 5.96. The number of anilines is 2. The number of aromatic amines is 1. The molecule has 0 spiro atoms. The zero-order valence-electron chi connectivity index (χ0n) is 24.2. The van der Waals surface area contributed by atoms with E-state index in [2.05, 4.69) is 92.0 Å². The molecule has 4 heterocycles. The van der Waals surface area contributed by atoms with E-state index < -0.39 is 0 Å². The second kappa shape index (κ2) is 10.3. The fraction of sp³-hybridized carbons (Fsp3) is 0.455. The van der Waals surface area contributed by atoms with Crippen LogP contribution < -0.4 is 9.80 Å². The summed E-state index contributed by atoms with van der Waals surface area (Å²) in [7, 11) is 1.84. The maximum atomic E-state index is 5.75. The standard InChI is InChI=1S/C33H41N5O/c1-20(2)24-11-10-21(3)30(17-24)37-14-13-28-27(19-37)33(38-15-12-25(39-6)16-23(38)5)36-32(35-28)26-8-7-9-29-31(26)22(4)18-34-29/h7-11,17-18,20,23,25,34H,12-16,19H2,1-6H3/t23-,25-/m0/s1. The number of nitrogens with zero attached hydrogens (tertiary/aromatic N) is 4. The van der Waals surface area contributed by atoms with Crippen LogP contribution in [0.25, 0.3) is 22.3 Å². The first kappa shape index (κ1) is 25.9. The first-order valence-electron chi connectivity index (χ1n) is 14.5. The van der Waals surface area contributed by atoms with Gasteiger partial charge in [-0.2, -0.15) is 0 Å². The monoisotopic (exact) mass is 523 g/mol. The summed E-state index contributed by atoms with van der Waals surface area (Å²) in [6.07, 6.45) is 5.32. The summed E-state index contributed by atoms with van der Waals surface area (Å²) in [5.74, 6) is 2.44. The Kier molecular flexibility index (Phi) is 6.84. The third kappa shape index (κ3) is 4.69. The third-order valence-electron chi connectivity index (χ3n) is 8.86. The minimum atomic E-state index is 0.308. The smallest absolute Gasteiger partial charge is 0.162 e. The molecule has 0 aliphatic carbocycles. The van der Waals surface area contributed by atoms with E-state index in [0.29, 0.717) is 18.1 Å². The fourth-order valence-electron chi connectivity index (χ4n) is 6.49. The quantitative estimate of drug-likeness (QED) is 0.307. The Morgan fingerprint density at radius 2 is 1.90 bits per heavy atom. The van der Waals surface area contributed by atoms with Gasteiger partial charge in [-0.25, -0.2) is 9.97 Å². The number of rotatable bonds is 5. The first-order chi connectivity index (χ1) is 18.8. The molecule has 204 valence electrons. The Morgan fingerprint density at radius 1 is 1.05 bits per heavy atom. The van der Waals surface area contributed by atoms with Crippen LogP contribution in [0.4, 0.5) is 11.5 Å². The largest absolute Gasteiger partial charge is 0.381 e. The highest BCUT2D eigenvalue weighted by Crippen LogP contribution is 2.38. The second-order valence-corrected chi connectivity index (χ2v) is 11.8. The predicted molar refractivity (Wildman–Crippen MR) is 161 cm³/mol. The van der Waals surface area contributed by atoms with E-state index in [0.717, 1.165) is 61.6 Å². The van der Waals surface area contributed by atoms with Crippen molar-refractivity contribution < 1.29 is 4.74 Å². The molecule has 1 fully saturated rings. The molecule has 2 aliphatic rings. The number of benzene rings is 2. The molecule has 4 aromatic rings. The molecule has 0 unspecified atom stereocenters. The number of nitrogens with one attached hydrogen (secondary N) is 1. The molecule has 6 heteroatoms. The van der Waals surface area contributed by atoms with Gasteiger partial charge in [-0.3, -0.25) is 0 Å². The summed E-state index contributed by atoms with van der Waals surface area (Å²) in [5, 5.41) is 1.22. The van der Waals surface area contributed by atoms with Gasteiger partial charge in [0, 0.05) is 73.1 Å². The van der Waals surface area contributed by atoms with Crippen molar-refractivity contribution in [1.29, 1.82) is 0 Å². The fourth-order valence-corrected chi connectivity index (χ4v) is 6.49. The SMILES string of the molecule is CO[C@H]1CCN(c2nc(-c3cccc4[nH]cc(C)c34)nc3c2CN(c2cc(C(C)C)ccc2C)CC3)[C@@H](C)C1. The number of H-pyrrole nitrogens is 1. The van der Waals surface area contributed by atoms with Crippen LogP contribution in [0.5, 0.6) is 0 Å². The van der Waals surface area contributed by atoms with Crippen molar-refractivity contribution >= 4 is 22.4 Å². The van der Waals surface area contributed by atoms with Crippen molar-refractivity contribution in [3.8, 4) is 11.4 Å². The lowest BCUT2D eigenvalue weighted by Crippen LogP contribution is -2.45. The number of methoxy groups -OCH3 is 1. The zero-order valence-corrected chi connectivity index (χ0v) is 24.2. The van der Waals surface area contributed by atoms with E-state index in [4.69, 9.17) is 14.7 Å². The van der Waals surface area contributed by atoms with Gasteiger partial charge < -0.3 is 19.5 Å². The van der Waals surface area contributed by atoms with Gasteiger partial charge in [0.15, 0.2) is 5.82 Å². The van der Waals surface area contributed by atoms with Crippen molar-refractivity contribution in [2.45, 2.75) is 78.5 Å². The molecule has 0 amide bonds. The van der Waals surface area contributed by atoms with Crippen LogP contribution in [-0.4, -0.2) is 47.3 Å². The molecule has 6 nitrogen and oxygen atoms in total. The number of aromatic nitrogens is 3. The third-order valence-corrected chi connectivity index (χ3v) is 8.86. The molecular formula is C33H41N5O. The van der Waals surface area contributed by atoms with Gasteiger partial charge in [-0.1, -0.05) is 38.1 Å². The number of aryl methyl sites for hydroxylation is 2. The molecule has 0 bridgehead atoms. The number of hydrogen-bond donors (Lipinski definition) is 1. The van der Waals surface area contributed by atoms with Gasteiger partial charge in [0.05, 0.1) is 11.8 Å². The van der Waals surface area contributed by atoms with E-state index in [9.17, 15) is 0 Å². The van der Waals surface area contributed by atoms with Crippen molar-refractivity contribution in [2.75, 3.05) is 30.0 Å². The molecule has 2 aromatic carbocycles. The number of fused-ring (bicyclic) bond motifs is 2. The lowest BCUT2D eigenvalue weighted by molar-refractivity contribution is 0.0719. The second-order valence-electron chi connectivity index (χ2n) is 11.8. The maximum Gasteiger partial charge on any atom is 0.162 e. The van der Waals surface area contributed by atoms with Crippen molar-refractivity contribution in [2.24, 2.45) is 0 Å². The Hall–Kier alpha value is -3.38. The molecule has 2 atom stereocenters. The average Bonchev–Trinajstić information content (AvgIpc) is 3.33. The van der Waals surface area contributed by atoms with Crippen molar-refractivity contribution in [3.63, 3.8) is 0 Å². The van der Waals surface area contributed by atoms with Crippen molar-refractivity contribution in [1.82, 2.24) is 15.0 Å². The van der Waals surface area contributed by atoms with Gasteiger partial charge >= 0.3 is 0 Å². The minimum absolute atomic E-state index is 0.308. The van der Waals surface area contributed by atoms with Crippen LogP contribution >= 0.6 is 0 Å². The molecule has 39 heavy (non-hydrogen) atoms. The Labute approximate surface area is 232 Å². The number of piperidine rings is 1. The molecule has 1 N–H and O–H groups in total. The topological polar surface area (TPSA) is 57.3 Å². The van der Waals surface area contributed by atoms with E-state index in [-0.39, 0.29) is 0 Å². The molecule has 2 aromatic heterocycles. The van der Waals surface area contributed by atoms with Crippen LogP contribution in [-0.2, 0) is 17.7 Å². The summed E-state index contributed by atoms with van der Waals surface area (Å²) >= 11 is 0. The molecule has 2 aliphatic heterocycles. The highest BCUT2D eigenvalue weighted by atomic mass is 16.5. The summed E-state index contributed by atoms with van der Waals surface area (Å²) in [6.45, 7) is 14.0. The lowest BCUT2D eigenvalue weighted by atomic mass is 9.96. The van der Waals surface area contributed by atoms with Crippen LogP contribution in [0.1, 0.15) is 67.5 Å². The van der Waals surface area contributed by atoms with Crippen LogP contribution in [0, 0.1) is 13.8 Å². The van der Waals surface area contributed by atoms with Gasteiger partial charge in [0.25, 0.3) is 0 Å². The molecular weight excluding hydrogens is 482 g/mol. The normalized spacial score (nSPS) is 19.7. The van der Waals surface area contributed by atoms with Gasteiger partial charge in [-0.05, 0) is 68.4 Å². The Balaban J connectivity index is 1.47. The number of hydrogen-bond acceptors (Lipinski definition) is 5. The highest BCUT2D eigenvalue weighted by Gasteiger charge is 2.32. The lowest BCUT2D eigenvalue weighted by Gasteiger charge is -2.41. The van der Waals surface area contributed by atoms with E-state index in [1.54, 1.807) is 0 Å². The summed E-state index contributed by atoms with van der Waals surface area (Å²) in [4.78, 5) is 19.1. The minimum Gasteiger partial charge on any atom is -0.381 e. The van der Waals surface area contributed by atoms with E-state index >= 15 is 0 Å². The van der Waals surface area contributed by atoms with Gasteiger partial charge in [0.2, 0.25) is 0 Å². The predicted octanol–water partition coefficient (Wildman–Crippen LogP) is 6.93.